The number of aryl methyl sites for hydroxylation is 2. The Hall–Kier alpha value is -3.04. The Morgan fingerprint density at radius 3 is 2.25 bits per heavy atom. The Labute approximate surface area is 213 Å². The Morgan fingerprint density at radius 1 is 1.00 bits per heavy atom. The Morgan fingerprint density at radius 2 is 1.67 bits per heavy atom. The van der Waals surface area contributed by atoms with Crippen LogP contribution in [0.15, 0.2) is 71.6 Å². The van der Waals surface area contributed by atoms with Gasteiger partial charge in [-0.3, -0.25) is 9.10 Å². The van der Waals surface area contributed by atoms with Crippen LogP contribution in [0.4, 0.5) is 18.9 Å². The first-order valence-electron chi connectivity index (χ1n) is 11.2. The van der Waals surface area contributed by atoms with Crippen molar-refractivity contribution in [2.45, 2.75) is 44.3 Å². The molecular formula is C26H26ClF3N2O3S. The number of alkyl halides is 3. The summed E-state index contributed by atoms with van der Waals surface area (Å²) in [5.74, 6) is -0.664. The zero-order valence-corrected chi connectivity index (χ0v) is 21.5. The summed E-state index contributed by atoms with van der Waals surface area (Å²) in [6.45, 7) is 5.05. The maximum atomic E-state index is 13.5. The van der Waals surface area contributed by atoms with Gasteiger partial charge in [-0.05, 0) is 67.3 Å². The van der Waals surface area contributed by atoms with Crippen LogP contribution in [0.3, 0.4) is 0 Å². The molecule has 36 heavy (non-hydrogen) atoms. The molecule has 3 aromatic carbocycles. The molecule has 1 unspecified atom stereocenters. The van der Waals surface area contributed by atoms with Gasteiger partial charge in [0.1, 0.15) is 6.54 Å². The van der Waals surface area contributed by atoms with Gasteiger partial charge in [-0.2, -0.15) is 13.2 Å². The lowest BCUT2D eigenvalue weighted by Gasteiger charge is -2.26. The minimum Gasteiger partial charge on any atom is -0.348 e. The summed E-state index contributed by atoms with van der Waals surface area (Å²) in [6.07, 6.45) is -4.28. The molecule has 192 valence electrons. The number of anilines is 1. The van der Waals surface area contributed by atoms with E-state index in [-0.39, 0.29) is 10.6 Å². The van der Waals surface area contributed by atoms with Gasteiger partial charge >= 0.3 is 6.18 Å². The number of benzene rings is 3. The van der Waals surface area contributed by atoms with Gasteiger partial charge in [0, 0.05) is 0 Å². The number of carbonyl (C=O) groups is 1. The average Bonchev–Trinajstić information content (AvgIpc) is 2.83. The highest BCUT2D eigenvalue weighted by atomic mass is 35.5. The molecule has 0 saturated carbocycles. The molecule has 0 saturated heterocycles. The second-order valence-electron chi connectivity index (χ2n) is 8.36. The number of rotatable bonds is 8. The third-order valence-corrected chi connectivity index (χ3v) is 7.96. The Kier molecular flexibility index (Phi) is 8.36. The molecular weight excluding hydrogens is 513 g/mol. The second kappa shape index (κ2) is 10.9. The van der Waals surface area contributed by atoms with Crippen LogP contribution in [0.5, 0.6) is 0 Å². The average molecular weight is 539 g/mol. The molecule has 10 heteroatoms. The molecule has 0 aliphatic heterocycles. The smallest absolute Gasteiger partial charge is 0.348 e. The lowest BCUT2D eigenvalue weighted by atomic mass is 9.99. The van der Waals surface area contributed by atoms with Crippen molar-refractivity contribution in [3.05, 3.63) is 94.0 Å². The van der Waals surface area contributed by atoms with Crippen LogP contribution >= 0.6 is 11.6 Å². The molecule has 0 aromatic heterocycles. The fourth-order valence-electron chi connectivity index (χ4n) is 3.69. The number of halogens is 4. The molecule has 0 radical (unpaired) electrons. The summed E-state index contributed by atoms with van der Waals surface area (Å²) in [5.41, 5.74) is 1.44. The quantitative estimate of drug-likeness (QED) is 0.359. The summed E-state index contributed by atoms with van der Waals surface area (Å²) in [4.78, 5) is 12.9. The first-order valence-corrected chi connectivity index (χ1v) is 13.0. The molecule has 0 aliphatic rings. The van der Waals surface area contributed by atoms with Crippen molar-refractivity contribution in [1.29, 1.82) is 0 Å². The van der Waals surface area contributed by atoms with E-state index in [0.717, 1.165) is 28.8 Å². The van der Waals surface area contributed by atoms with Crippen LogP contribution in [-0.2, 0) is 21.0 Å². The number of hydrogen-bond donors (Lipinski definition) is 1. The zero-order valence-electron chi connectivity index (χ0n) is 19.9. The molecule has 3 aromatic rings. The number of carbonyl (C=O) groups excluding carboxylic acids is 1. The number of hydrogen-bond acceptors (Lipinski definition) is 3. The summed E-state index contributed by atoms with van der Waals surface area (Å²) in [5, 5.41) is 2.24. The standard InChI is InChI=1S/C26H26ClF3N2O3S/c1-4-24(19-11-10-17(2)18(3)14-19)31-25(33)16-32(36(34,35)21-8-6-5-7-9-21)20-12-13-23(27)22(15-20)26(28,29)30/h5-15,24H,4,16H2,1-3H3,(H,31,33). The van der Waals surface area contributed by atoms with Gasteiger partial charge in [-0.25, -0.2) is 8.42 Å². The molecule has 0 bridgehead atoms. The van der Waals surface area contributed by atoms with Gasteiger partial charge in [-0.1, -0.05) is 54.9 Å². The maximum absolute atomic E-state index is 13.5. The minimum atomic E-state index is -4.81. The van der Waals surface area contributed by atoms with E-state index in [1.54, 1.807) is 6.07 Å². The van der Waals surface area contributed by atoms with Crippen LogP contribution in [0.2, 0.25) is 5.02 Å². The Bertz CT molecular complexity index is 1350. The first kappa shape index (κ1) is 27.5. The summed E-state index contributed by atoms with van der Waals surface area (Å²) in [6, 6.07) is 15.3. The Balaban J connectivity index is 2.00. The summed E-state index contributed by atoms with van der Waals surface area (Å²) < 4.78 is 68.1. The van der Waals surface area contributed by atoms with Crippen molar-refractivity contribution in [1.82, 2.24) is 5.32 Å². The molecule has 1 N–H and O–H groups in total. The highest BCUT2D eigenvalue weighted by molar-refractivity contribution is 7.92. The second-order valence-corrected chi connectivity index (χ2v) is 10.6. The van der Waals surface area contributed by atoms with Gasteiger partial charge in [0.25, 0.3) is 10.0 Å². The van der Waals surface area contributed by atoms with E-state index in [0.29, 0.717) is 16.8 Å². The number of nitrogens with one attached hydrogen (secondary N) is 1. The molecule has 0 heterocycles. The van der Waals surface area contributed by atoms with Gasteiger partial charge in [-0.15, -0.1) is 0 Å². The van der Waals surface area contributed by atoms with E-state index >= 15 is 0 Å². The molecule has 0 spiro atoms. The lowest BCUT2D eigenvalue weighted by Crippen LogP contribution is -2.42. The monoisotopic (exact) mass is 538 g/mol. The van der Waals surface area contributed by atoms with Crippen LogP contribution < -0.4 is 9.62 Å². The minimum absolute atomic E-state index is 0.164. The number of amides is 1. The van der Waals surface area contributed by atoms with Crippen molar-refractivity contribution < 1.29 is 26.4 Å². The van der Waals surface area contributed by atoms with E-state index in [9.17, 15) is 26.4 Å². The van der Waals surface area contributed by atoms with E-state index in [1.165, 1.54) is 24.3 Å². The summed E-state index contributed by atoms with van der Waals surface area (Å²) >= 11 is 5.73. The molecule has 0 fully saturated rings. The van der Waals surface area contributed by atoms with Crippen molar-refractivity contribution in [3.63, 3.8) is 0 Å². The normalized spacial score (nSPS) is 12.8. The molecule has 3 rings (SSSR count). The molecule has 5 nitrogen and oxygen atoms in total. The van der Waals surface area contributed by atoms with E-state index < -0.39 is 45.3 Å². The third-order valence-electron chi connectivity index (χ3n) is 5.84. The van der Waals surface area contributed by atoms with E-state index in [2.05, 4.69) is 5.32 Å². The number of nitrogens with zero attached hydrogens (tertiary/aromatic N) is 1. The predicted molar refractivity (Wildman–Crippen MR) is 135 cm³/mol. The maximum Gasteiger partial charge on any atom is 0.417 e. The highest BCUT2D eigenvalue weighted by Gasteiger charge is 2.35. The first-order chi connectivity index (χ1) is 16.8. The van der Waals surface area contributed by atoms with Gasteiger partial charge in [0.05, 0.1) is 27.2 Å². The van der Waals surface area contributed by atoms with Crippen molar-refractivity contribution in [3.8, 4) is 0 Å². The fraction of sp³-hybridized carbons (Fsp3) is 0.269. The third kappa shape index (κ3) is 6.20. The molecule has 0 aliphatic carbocycles. The van der Waals surface area contributed by atoms with Crippen molar-refractivity contribution >= 4 is 33.2 Å². The topological polar surface area (TPSA) is 66.5 Å². The van der Waals surface area contributed by atoms with E-state index in [1.807, 2.05) is 39.0 Å². The van der Waals surface area contributed by atoms with Crippen LogP contribution in [0.25, 0.3) is 0 Å². The SMILES string of the molecule is CCC(NC(=O)CN(c1ccc(Cl)c(C(F)(F)F)c1)S(=O)(=O)c1ccccc1)c1ccc(C)c(C)c1. The predicted octanol–water partition coefficient (Wildman–Crippen LogP) is 6.44. The van der Waals surface area contributed by atoms with Crippen molar-refractivity contribution in [2.75, 3.05) is 10.8 Å². The largest absolute Gasteiger partial charge is 0.417 e. The molecule has 1 amide bonds. The van der Waals surface area contributed by atoms with Crippen LogP contribution in [-0.4, -0.2) is 20.9 Å². The highest BCUT2D eigenvalue weighted by Crippen LogP contribution is 2.38. The molecule has 1 atom stereocenters. The van der Waals surface area contributed by atoms with Crippen molar-refractivity contribution in [2.24, 2.45) is 0 Å². The van der Waals surface area contributed by atoms with Crippen LogP contribution in [0, 0.1) is 13.8 Å². The van der Waals surface area contributed by atoms with Gasteiger partial charge < -0.3 is 5.32 Å². The number of sulfonamides is 1. The van der Waals surface area contributed by atoms with E-state index in [4.69, 9.17) is 11.6 Å². The fourth-order valence-corrected chi connectivity index (χ4v) is 5.35. The van der Waals surface area contributed by atoms with Crippen LogP contribution in [0.1, 0.15) is 41.6 Å². The lowest BCUT2D eigenvalue weighted by molar-refractivity contribution is -0.137. The van der Waals surface area contributed by atoms with Gasteiger partial charge in [0.15, 0.2) is 0 Å². The summed E-state index contributed by atoms with van der Waals surface area (Å²) in [7, 11) is -4.38. The van der Waals surface area contributed by atoms with Gasteiger partial charge in [0.2, 0.25) is 5.91 Å². The zero-order chi connectivity index (χ0) is 26.7.